The largest absolute Gasteiger partial charge is 0.357 e. The van der Waals surface area contributed by atoms with Crippen molar-refractivity contribution in [2.75, 3.05) is 22.7 Å². The minimum atomic E-state index is -3.97. The molecule has 1 saturated heterocycles. The first-order valence-electron chi connectivity index (χ1n) is 9.36. The van der Waals surface area contributed by atoms with Gasteiger partial charge in [-0.25, -0.2) is 22.2 Å². The van der Waals surface area contributed by atoms with E-state index in [4.69, 9.17) is 0 Å². The summed E-state index contributed by atoms with van der Waals surface area (Å²) in [5.74, 6) is -0.209. The molecular formula is C19H20F2N6O2S. The van der Waals surface area contributed by atoms with Crippen molar-refractivity contribution in [2.45, 2.75) is 23.7 Å². The van der Waals surface area contributed by atoms with Gasteiger partial charge in [0.25, 0.3) is 10.0 Å². The Morgan fingerprint density at radius 3 is 2.47 bits per heavy atom. The summed E-state index contributed by atoms with van der Waals surface area (Å²) in [5, 5.41) is 8.11. The first-order valence-corrected chi connectivity index (χ1v) is 10.8. The molecule has 1 aliphatic rings. The second kappa shape index (κ2) is 7.98. The van der Waals surface area contributed by atoms with Gasteiger partial charge in [0.05, 0.1) is 5.69 Å². The van der Waals surface area contributed by atoms with Crippen molar-refractivity contribution in [1.29, 1.82) is 0 Å². The lowest BCUT2D eigenvalue weighted by Gasteiger charge is -2.32. The summed E-state index contributed by atoms with van der Waals surface area (Å²) in [6.45, 7) is 1.54. The number of piperidine rings is 1. The van der Waals surface area contributed by atoms with Crippen molar-refractivity contribution >= 4 is 21.5 Å². The smallest absolute Gasteiger partial charge is 0.263 e. The summed E-state index contributed by atoms with van der Waals surface area (Å²) in [7, 11) is -2.04. The summed E-state index contributed by atoms with van der Waals surface area (Å²) in [4.78, 5) is 6.31. The molecule has 0 spiro atoms. The SMILES string of the molecule is Cn1cnnc1C1CCN(c2ccc(S(=O)(=O)Nc3ccc(F)c(F)c3)cn2)CC1. The Labute approximate surface area is 172 Å². The molecule has 0 amide bonds. The van der Waals surface area contributed by atoms with E-state index < -0.39 is 21.7 Å². The van der Waals surface area contributed by atoms with E-state index in [0.29, 0.717) is 11.7 Å². The lowest BCUT2D eigenvalue weighted by atomic mass is 9.96. The molecule has 0 saturated carbocycles. The Hall–Kier alpha value is -3.08. The standard InChI is InChI=1S/C19H20F2N6O2S/c1-26-12-23-24-19(26)13-6-8-27(9-7-13)18-5-3-15(11-22-18)30(28,29)25-14-2-4-16(20)17(21)10-14/h2-5,10-13,25H,6-9H2,1H3. The van der Waals surface area contributed by atoms with Crippen LogP contribution in [0.2, 0.25) is 0 Å². The van der Waals surface area contributed by atoms with Gasteiger partial charge < -0.3 is 9.47 Å². The number of halogens is 2. The maximum absolute atomic E-state index is 13.3. The topological polar surface area (TPSA) is 93.0 Å². The molecule has 4 rings (SSSR count). The molecule has 11 heteroatoms. The van der Waals surface area contributed by atoms with Crippen LogP contribution in [0.25, 0.3) is 0 Å². The van der Waals surface area contributed by atoms with Gasteiger partial charge in [-0.2, -0.15) is 0 Å². The predicted octanol–water partition coefficient (Wildman–Crippen LogP) is 2.67. The Morgan fingerprint density at radius 1 is 1.10 bits per heavy atom. The second-order valence-corrected chi connectivity index (χ2v) is 8.83. The number of nitrogens with zero attached hydrogens (tertiary/aromatic N) is 5. The van der Waals surface area contributed by atoms with Crippen molar-refractivity contribution in [3.05, 3.63) is 60.3 Å². The number of sulfonamides is 1. The molecule has 30 heavy (non-hydrogen) atoms. The van der Waals surface area contributed by atoms with Crippen LogP contribution >= 0.6 is 0 Å². The van der Waals surface area contributed by atoms with E-state index in [-0.39, 0.29) is 10.6 Å². The number of benzene rings is 1. The molecule has 3 aromatic rings. The molecule has 1 aliphatic heterocycles. The molecule has 0 bridgehead atoms. The third-order valence-electron chi connectivity index (χ3n) is 5.13. The highest BCUT2D eigenvalue weighted by molar-refractivity contribution is 7.92. The maximum atomic E-state index is 13.3. The molecule has 0 atom stereocenters. The lowest BCUT2D eigenvalue weighted by Crippen LogP contribution is -2.34. The monoisotopic (exact) mass is 434 g/mol. The highest BCUT2D eigenvalue weighted by atomic mass is 32.2. The van der Waals surface area contributed by atoms with E-state index in [0.717, 1.165) is 50.0 Å². The summed E-state index contributed by atoms with van der Waals surface area (Å²) >= 11 is 0. The number of pyridine rings is 1. The van der Waals surface area contributed by atoms with Gasteiger partial charge in [0.2, 0.25) is 0 Å². The van der Waals surface area contributed by atoms with Crippen molar-refractivity contribution in [1.82, 2.24) is 19.7 Å². The summed E-state index contributed by atoms with van der Waals surface area (Å²) in [6, 6.07) is 5.88. The third-order valence-corrected chi connectivity index (χ3v) is 6.50. The Balaban J connectivity index is 1.42. The van der Waals surface area contributed by atoms with Crippen LogP contribution in [0.4, 0.5) is 20.3 Å². The zero-order valence-electron chi connectivity index (χ0n) is 16.2. The quantitative estimate of drug-likeness (QED) is 0.664. The van der Waals surface area contributed by atoms with Gasteiger partial charge in [0.1, 0.15) is 22.9 Å². The number of aryl methyl sites for hydroxylation is 1. The minimum absolute atomic E-state index is 0.0649. The molecule has 0 aliphatic carbocycles. The zero-order valence-corrected chi connectivity index (χ0v) is 17.0. The predicted molar refractivity (Wildman–Crippen MR) is 107 cm³/mol. The van der Waals surface area contributed by atoms with Crippen LogP contribution in [-0.2, 0) is 17.1 Å². The Bertz CT molecular complexity index is 1140. The molecule has 1 fully saturated rings. The first kappa shape index (κ1) is 20.2. The van der Waals surface area contributed by atoms with Crippen LogP contribution < -0.4 is 9.62 Å². The van der Waals surface area contributed by atoms with Gasteiger partial charge in [-0.05, 0) is 37.1 Å². The van der Waals surface area contributed by atoms with Crippen LogP contribution in [-0.4, -0.2) is 41.3 Å². The van der Waals surface area contributed by atoms with Gasteiger partial charge in [0, 0.05) is 38.3 Å². The zero-order chi connectivity index (χ0) is 21.3. The summed E-state index contributed by atoms with van der Waals surface area (Å²) in [5.41, 5.74) is -0.0659. The average Bonchev–Trinajstić information content (AvgIpc) is 3.17. The fraction of sp³-hybridized carbons (Fsp3) is 0.316. The highest BCUT2D eigenvalue weighted by Gasteiger charge is 2.25. The van der Waals surface area contributed by atoms with E-state index >= 15 is 0 Å². The number of hydrogen-bond acceptors (Lipinski definition) is 6. The van der Waals surface area contributed by atoms with Gasteiger partial charge >= 0.3 is 0 Å². The minimum Gasteiger partial charge on any atom is -0.357 e. The highest BCUT2D eigenvalue weighted by Crippen LogP contribution is 2.28. The van der Waals surface area contributed by atoms with Crippen LogP contribution in [0.1, 0.15) is 24.6 Å². The van der Waals surface area contributed by atoms with Crippen molar-refractivity contribution in [2.24, 2.45) is 7.05 Å². The van der Waals surface area contributed by atoms with Crippen molar-refractivity contribution in [3.8, 4) is 0 Å². The third kappa shape index (κ3) is 4.11. The molecule has 0 radical (unpaired) electrons. The molecule has 2 aromatic heterocycles. The van der Waals surface area contributed by atoms with Gasteiger partial charge in [-0.3, -0.25) is 4.72 Å². The average molecular weight is 434 g/mol. The first-order chi connectivity index (χ1) is 14.3. The molecule has 0 unspecified atom stereocenters. The molecule has 3 heterocycles. The Morgan fingerprint density at radius 2 is 1.87 bits per heavy atom. The van der Waals surface area contributed by atoms with Gasteiger partial charge in [-0.15, -0.1) is 10.2 Å². The number of aromatic nitrogens is 4. The van der Waals surface area contributed by atoms with Gasteiger partial charge in [0.15, 0.2) is 11.6 Å². The summed E-state index contributed by atoms with van der Waals surface area (Å²) < 4.78 is 55.5. The molecule has 1 N–H and O–H groups in total. The lowest BCUT2D eigenvalue weighted by molar-refractivity contribution is 0.472. The van der Waals surface area contributed by atoms with Crippen molar-refractivity contribution in [3.63, 3.8) is 0 Å². The fourth-order valence-corrected chi connectivity index (χ4v) is 4.51. The van der Waals surface area contributed by atoms with Crippen LogP contribution in [0.15, 0.2) is 47.8 Å². The number of hydrogen-bond donors (Lipinski definition) is 1. The normalized spacial score (nSPS) is 15.4. The van der Waals surface area contributed by atoms with E-state index in [2.05, 4.69) is 24.8 Å². The molecule has 8 nitrogen and oxygen atoms in total. The Kier molecular flexibility index (Phi) is 5.37. The van der Waals surface area contributed by atoms with Crippen LogP contribution in [0.5, 0.6) is 0 Å². The molecule has 1 aromatic carbocycles. The molecule has 158 valence electrons. The van der Waals surface area contributed by atoms with Crippen LogP contribution in [0, 0.1) is 11.6 Å². The maximum Gasteiger partial charge on any atom is 0.263 e. The number of anilines is 2. The van der Waals surface area contributed by atoms with E-state index in [1.54, 1.807) is 12.4 Å². The van der Waals surface area contributed by atoms with E-state index in [9.17, 15) is 17.2 Å². The van der Waals surface area contributed by atoms with Crippen molar-refractivity contribution < 1.29 is 17.2 Å². The summed E-state index contributed by atoms with van der Waals surface area (Å²) in [6.07, 6.45) is 4.74. The van der Waals surface area contributed by atoms with E-state index in [1.807, 2.05) is 11.6 Å². The van der Waals surface area contributed by atoms with Crippen LogP contribution in [0.3, 0.4) is 0 Å². The fourth-order valence-electron chi connectivity index (χ4n) is 3.52. The second-order valence-electron chi connectivity index (χ2n) is 7.15. The van der Waals surface area contributed by atoms with E-state index in [1.165, 1.54) is 12.3 Å². The number of rotatable bonds is 5. The number of nitrogens with one attached hydrogen (secondary N) is 1. The molecular weight excluding hydrogens is 414 g/mol. The van der Waals surface area contributed by atoms with Gasteiger partial charge in [-0.1, -0.05) is 0 Å².